The quantitative estimate of drug-likeness (QED) is 0.612. The number of aromatic nitrogens is 2. The molecule has 2 rings (SSSR count). The van der Waals surface area contributed by atoms with Crippen molar-refractivity contribution < 1.29 is 9.59 Å². The Hall–Kier alpha value is -1.98. The van der Waals surface area contributed by atoms with Crippen LogP contribution in [-0.2, 0) is 9.59 Å². The largest absolute Gasteiger partial charge is 0.295 e. The highest BCUT2D eigenvalue weighted by atomic mass is 16.2. The van der Waals surface area contributed by atoms with Crippen LogP contribution in [-0.4, -0.2) is 21.6 Å². The van der Waals surface area contributed by atoms with Crippen LogP contribution in [0.1, 0.15) is 18.9 Å². The van der Waals surface area contributed by atoms with Gasteiger partial charge >= 0.3 is 0 Å². The standard InChI is InChI=1S/C9H9N3O3/c13-7-4-3-6(9(15)11-7)12-8(14)2-1-5-10-12/h1-2,5-6H,3-4H2,(H,11,13,15). The van der Waals surface area contributed by atoms with Crippen molar-refractivity contribution in [3.05, 3.63) is 28.7 Å². The number of piperidine rings is 1. The molecule has 6 nitrogen and oxygen atoms in total. The van der Waals surface area contributed by atoms with E-state index in [9.17, 15) is 14.4 Å². The number of hydrogen-bond acceptors (Lipinski definition) is 4. The van der Waals surface area contributed by atoms with Gasteiger partial charge in [0.25, 0.3) is 11.5 Å². The van der Waals surface area contributed by atoms with Crippen molar-refractivity contribution in [2.45, 2.75) is 18.9 Å². The molecule has 0 saturated carbocycles. The zero-order valence-electron chi connectivity index (χ0n) is 7.84. The minimum atomic E-state index is -0.670. The smallest absolute Gasteiger partial charge is 0.267 e. The Balaban J connectivity index is 2.32. The van der Waals surface area contributed by atoms with Crippen molar-refractivity contribution in [3.63, 3.8) is 0 Å². The Morgan fingerprint density at radius 2 is 2.20 bits per heavy atom. The normalized spacial score (nSPS) is 21.2. The monoisotopic (exact) mass is 207 g/mol. The van der Waals surface area contributed by atoms with Crippen molar-refractivity contribution in [2.24, 2.45) is 0 Å². The summed E-state index contributed by atoms with van der Waals surface area (Å²) in [7, 11) is 0. The number of amides is 2. The molecule has 1 fully saturated rings. The van der Waals surface area contributed by atoms with Crippen molar-refractivity contribution >= 4 is 11.8 Å². The van der Waals surface area contributed by atoms with E-state index in [2.05, 4.69) is 10.4 Å². The molecule has 1 N–H and O–H groups in total. The van der Waals surface area contributed by atoms with Crippen LogP contribution in [0, 0.1) is 0 Å². The molecule has 0 spiro atoms. The fourth-order valence-electron chi connectivity index (χ4n) is 1.52. The lowest BCUT2D eigenvalue weighted by Crippen LogP contribution is -2.44. The predicted molar refractivity (Wildman–Crippen MR) is 49.9 cm³/mol. The van der Waals surface area contributed by atoms with E-state index in [1.54, 1.807) is 0 Å². The van der Waals surface area contributed by atoms with E-state index >= 15 is 0 Å². The number of nitrogens with one attached hydrogen (secondary N) is 1. The Labute approximate surface area is 84.9 Å². The van der Waals surface area contributed by atoms with Gasteiger partial charge in [-0.15, -0.1) is 0 Å². The summed E-state index contributed by atoms with van der Waals surface area (Å²) < 4.78 is 1.10. The molecule has 1 atom stereocenters. The van der Waals surface area contributed by atoms with Gasteiger partial charge in [-0.1, -0.05) is 0 Å². The summed E-state index contributed by atoms with van der Waals surface area (Å²) in [6, 6.07) is 2.16. The summed E-state index contributed by atoms with van der Waals surface area (Å²) in [6.07, 6.45) is 1.99. The van der Waals surface area contributed by atoms with E-state index in [0.717, 1.165) is 4.68 Å². The maximum Gasteiger partial charge on any atom is 0.267 e. The molecule has 2 heterocycles. The van der Waals surface area contributed by atoms with E-state index in [4.69, 9.17) is 0 Å². The fourth-order valence-corrected chi connectivity index (χ4v) is 1.52. The van der Waals surface area contributed by atoms with E-state index in [0.29, 0.717) is 6.42 Å². The zero-order chi connectivity index (χ0) is 10.8. The average Bonchev–Trinajstić information content (AvgIpc) is 2.20. The Morgan fingerprint density at radius 3 is 2.87 bits per heavy atom. The van der Waals surface area contributed by atoms with Gasteiger partial charge in [0, 0.05) is 18.7 Å². The third-order valence-corrected chi connectivity index (χ3v) is 2.25. The summed E-state index contributed by atoms with van der Waals surface area (Å²) in [6.45, 7) is 0. The van der Waals surface area contributed by atoms with Gasteiger partial charge < -0.3 is 0 Å². The summed E-state index contributed by atoms with van der Waals surface area (Å²) in [5.41, 5.74) is -0.341. The molecule has 2 amide bonds. The van der Waals surface area contributed by atoms with Crippen LogP contribution < -0.4 is 10.9 Å². The van der Waals surface area contributed by atoms with Crippen LogP contribution in [0.2, 0.25) is 0 Å². The summed E-state index contributed by atoms with van der Waals surface area (Å²) in [5.74, 6) is -0.771. The topological polar surface area (TPSA) is 81.1 Å². The van der Waals surface area contributed by atoms with Crippen LogP contribution in [0.15, 0.2) is 23.1 Å². The van der Waals surface area contributed by atoms with E-state index < -0.39 is 11.9 Å². The first kappa shape index (κ1) is 9.57. The second kappa shape index (κ2) is 3.64. The molecule has 1 unspecified atom stereocenters. The van der Waals surface area contributed by atoms with Gasteiger partial charge in [-0.2, -0.15) is 5.10 Å². The predicted octanol–water partition coefficient (Wildman–Crippen LogP) is -0.779. The average molecular weight is 207 g/mol. The SMILES string of the molecule is O=C1CCC(n2ncccc2=O)C(=O)N1. The zero-order valence-corrected chi connectivity index (χ0v) is 7.84. The molecule has 1 saturated heterocycles. The molecule has 0 radical (unpaired) electrons. The van der Waals surface area contributed by atoms with Gasteiger partial charge in [0.15, 0.2) is 0 Å². The molecule has 0 aromatic carbocycles. The van der Waals surface area contributed by atoms with Gasteiger partial charge in [-0.25, -0.2) is 4.68 Å². The fraction of sp³-hybridized carbons (Fsp3) is 0.333. The molecule has 6 heteroatoms. The van der Waals surface area contributed by atoms with Gasteiger partial charge in [-0.05, 0) is 12.5 Å². The minimum absolute atomic E-state index is 0.236. The highest BCUT2D eigenvalue weighted by Gasteiger charge is 2.29. The van der Waals surface area contributed by atoms with Crippen molar-refractivity contribution in [1.29, 1.82) is 0 Å². The van der Waals surface area contributed by atoms with Gasteiger partial charge in [0.2, 0.25) is 5.91 Å². The lowest BCUT2D eigenvalue weighted by Gasteiger charge is -2.21. The minimum Gasteiger partial charge on any atom is -0.295 e. The van der Waals surface area contributed by atoms with Crippen molar-refractivity contribution in [2.75, 3.05) is 0 Å². The van der Waals surface area contributed by atoms with Crippen LogP contribution in [0.5, 0.6) is 0 Å². The molecule has 1 aliphatic rings. The second-order valence-corrected chi connectivity index (χ2v) is 3.27. The Kier molecular flexibility index (Phi) is 2.32. The van der Waals surface area contributed by atoms with Gasteiger partial charge in [0.05, 0.1) is 0 Å². The van der Waals surface area contributed by atoms with Crippen LogP contribution in [0.4, 0.5) is 0 Å². The first-order valence-corrected chi connectivity index (χ1v) is 4.56. The van der Waals surface area contributed by atoms with Crippen LogP contribution in [0.25, 0.3) is 0 Å². The van der Waals surface area contributed by atoms with Gasteiger partial charge in [0.1, 0.15) is 6.04 Å². The number of carbonyl (C=O) groups is 2. The first-order chi connectivity index (χ1) is 7.18. The summed E-state index contributed by atoms with van der Waals surface area (Å²) >= 11 is 0. The molecule has 0 bridgehead atoms. The molecule has 15 heavy (non-hydrogen) atoms. The van der Waals surface area contributed by atoms with Crippen molar-refractivity contribution in [1.82, 2.24) is 15.1 Å². The maximum absolute atomic E-state index is 11.4. The highest BCUT2D eigenvalue weighted by molar-refractivity contribution is 5.99. The number of hydrogen-bond donors (Lipinski definition) is 1. The molecular formula is C9H9N3O3. The van der Waals surface area contributed by atoms with E-state index in [1.807, 2.05) is 0 Å². The van der Waals surface area contributed by atoms with Gasteiger partial charge in [-0.3, -0.25) is 19.7 Å². The summed E-state index contributed by atoms with van der Waals surface area (Å²) in [4.78, 5) is 33.7. The third kappa shape index (κ3) is 1.78. The molecule has 1 aromatic rings. The Morgan fingerprint density at radius 1 is 1.40 bits per heavy atom. The Bertz CT molecular complexity index is 466. The summed E-state index contributed by atoms with van der Waals surface area (Å²) in [5, 5.41) is 5.99. The lowest BCUT2D eigenvalue weighted by molar-refractivity contribution is -0.136. The van der Waals surface area contributed by atoms with Crippen molar-refractivity contribution in [3.8, 4) is 0 Å². The second-order valence-electron chi connectivity index (χ2n) is 3.27. The molecule has 78 valence electrons. The van der Waals surface area contributed by atoms with Crippen LogP contribution >= 0.6 is 0 Å². The van der Waals surface area contributed by atoms with E-state index in [-0.39, 0.29) is 17.9 Å². The number of carbonyl (C=O) groups excluding carboxylic acids is 2. The lowest BCUT2D eigenvalue weighted by atomic mass is 10.1. The number of imide groups is 1. The first-order valence-electron chi connectivity index (χ1n) is 4.56. The molecule has 1 aromatic heterocycles. The molecule has 1 aliphatic heterocycles. The van der Waals surface area contributed by atoms with Crippen LogP contribution in [0.3, 0.4) is 0 Å². The molecule has 0 aliphatic carbocycles. The third-order valence-electron chi connectivity index (χ3n) is 2.25. The molecular weight excluding hydrogens is 198 g/mol. The number of nitrogens with zero attached hydrogens (tertiary/aromatic N) is 2. The van der Waals surface area contributed by atoms with E-state index in [1.165, 1.54) is 18.3 Å². The highest BCUT2D eigenvalue weighted by Crippen LogP contribution is 2.14. The number of rotatable bonds is 1. The maximum atomic E-state index is 11.4.